The molecular formula is C6H6N2O3S2. The number of sulfonamides is 1. The monoisotopic (exact) mass is 218 g/mol. The molecule has 5 nitrogen and oxygen atoms in total. The average Bonchev–Trinajstić information content (AvgIpc) is 2.54. The van der Waals surface area contributed by atoms with Crippen molar-refractivity contribution in [3.8, 4) is 0 Å². The van der Waals surface area contributed by atoms with Gasteiger partial charge in [0, 0.05) is 0 Å². The highest BCUT2D eigenvalue weighted by molar-refractivity contribution is 7.90. The fourth-order valence-corrected chi connectivity index (χ4v) is 3.55. The van der Waals surface area contributed by atoms with Gasteiger partial charge in [0.25, 0.3) is 0 Å². The van der Waals surface area contributed by atoms with Crippen LogP contribution in [-0.2, 0) is 10.0 Å². The van der Waals surface area contributed by atoms with Crippen molar-refractivity contribution in [2.45, 2.75) is 4.90 Å². The smallest absolute Gasteiger partial charge is 0.242 e. The number of fused-ring (bicyclic) bond motifs is 1. The van der Waals surface area contributed by atoms with E-state index in [2.05, 4.69) is 9.88 Å². The minimum atomic E-state index is -3.37. The van der Waals surface area contributed by atoms with Gasteiger partial charge in [-0.15, -0.1) is 11.3 Å². The Kier molecular flexibility index (Phi) is 1.86. The van der Waals surface area contributed by atoms with Crippen molar-refractivity contribution >= 4 is 27.1 Å². The van der Waals surface area contributed by atoms with Gasteiger partial charge >= 0.3 is 0 Å². The topological polar surface area (TPSA) is 78.8 Å². The van der Waals surface area contributed by atoms with Crippen LogP contribution in [0.4, 0.5) is 0 Å². The molecule has 70 valence electrons. The zero-order valence-electron chi connectivity index (χ0n) is 6.39. The van der Waals surface area contributed by atoms with Crippen molar-refractivity contribution in [3.05, 3.63) is 16.3 Å². The van der Waals surface area contributed by atoms with Crippen molar-refractivity contribution in [2.75, 3.05) is 6.54 Å². The fourth-order valence-electron chi connectivity index (χ4n) is 1.12. The zero-order valence-corrected chi connectivity index (χ0v) is 8.02. The Morgan fingerprint density at radius 3 is 3.08 bits per heavy atom. The van der Waals surface area contributed by atoms with Crippen LogP contribution >= 0.6 is 11.3 Å². The van der Waals surface area contributed by atoms with Crippen LogP contribution in [0.5, 0.6) is 0 Å². The molecule has 0 aromatic carbocycles. The summed E-state index contributed by atoms with van der Waals surface area (Å²) in [5, 5.41) is 13.3. The maximum absolute atomic E-state index is 11.4. The summed E-state index contributed by atoms with van der Waals surface area (Å²) in [5.41, 5.74) is 0.361. The molecule has 1 aliphatic rings. The second-order valence-electron chi connectivity index (χ2n) is 2.49. The third-order valence-electron chi connectivity index (χ3n) is 1.73. The van der Waals surface area contributed by atoms with E-state index in [-0.39, 0.29) is 11.4 Å². The van der Waals surface area contributed by atoms with Gasteiger partial charge in [-0.3, -0.25) is 0 Å². The summed E-state index contributed by atoms with van der Waals surface area (Å²) in [7, 11) is -3.37. The Morgan fingerprint density at radius 1 is 1.62 bits per heavy atom. The summed E-state index contributed by atoms with van der Waals surface area (Å²) in [4.78, 5) is 0.706. The largest absolute Gasteiger partial charge is 0.411 e. The Morgan fingerprint density at radius 2 is 2.38 bits per heavy atom. The predicted octanol–water partition coefficient (Wildman–Crippen LogP) is 0.218. The summed E-state index contributed by atoms with van der Waals surface area (Å²) in [6, 6.07) is 1.49. The number of hydrogen-bond acceptors (Lipinski definition) is 5. The molecule has 0 atom stereocenters. The second kappa shape index (κ2) is 2.79. The van der Waals surface area contributed by atoms with Gasteiger partial charge in [-0.1, -0.05) is 5.16 Å². The Balaban J connectivity index is 2.69. The molecule has 2 N–H and O–H groups in total. The highest BCUT2D eigenvalue weighted by Gasteiger charge is 2.28. The Labute approximate surface area is 78.8 Å². The van der Waals surface area contributed by atoms with Crippen LogP contribution in [0.2, 0.25) is 0 Å². The molecule has 0 unspecified atom stereocenters. The van der Waals surface area contributed by atoms with E-state index < -0.39 is 10.0 Å². The lowest BCUT2D eigenvalue weighted by Crippen LogP contribution is -2.35. The first-order valence-corrected chi connectivity index (χ1v) is 5.80. The lowest BCUT2D eigenvalue weighted by atomic mass is 10.3. The normalized spacial score (nSPS) is 22.9. The van der Waals surface area contributed by atoms with E-state index in [9.17, 15) is 8.42 Å². The van der Waals surface area contributed by atoms with Gasteiger partial charge in [-0.2, -0.15) is 0 Å². The third-order valence-corrected chi connectivity index (χ3v) is 4.27. The van der Waals surface area contributed by atoms with Crippen LogP contribution < -0.4 is 4.72 Å². The molecule has 0 aliphatic carbocycles. The van der Waals surface area contributed by atoms with E-state index in [4.69, 9.17) is 5.21 Å². The van der Waals surface area contributed by atoms with Crippen LogP contribution in [0.15, 0.2) is 21.5 Å². The molecule has 1 aliphatic heterocycles. The van der Waals surface area contributed by atoms with E-state index >= 15 is 0 Å². The van der Waals surface area contributed by atoms with Crippen LogP contribution in [-0.4, -0.2) is 25.9 Å². The number of hydrogen-bond donors (Lipinski definition) is 2. The number of nitrogens with one attached hydrogen (secondary N) is 1. The second-order valence-corrected chi connectivity index (χ2v) is 5.14. The van der Waals surface area contributed by atoms with Gasteiger partial charge in [0.2, 0.25) is 10.0 Å². The first-order chi connectivity index (χ1) is 6.15. The first kappa shape index (κ1) is 8.67. The molecule has 7 heteroatoms. The lowest BCUT2D eigenvalue weighted by Gasteiger charge is -2.13. The molecule has 13 heavy (non-hydrogen) atoms. The fraction of sp³-hybridized carbons (Fsp3) is 0.167. The summed E-state index contributed by atoms with van der Waals surface area (Å²) in [6.07, 6.45) is 0. The summed E-state index contributed by atoms with van der Waals surface area (Å²) < 4.78 is 25.0. The van der Waals surface area contributed by atoms with Crippen LogP contribution in [0, 0.1) is 0 Å². The standard InChI is InChI=1S/C6H6N2O3S2/c9-8-4-3-7-13(10,11)5-1-2-12-6(4)5/h1-2,7,9H,3H2/b8-4+. The number of nitrogens with zero attached hydrogens (tertiary/aromatic N) is 1. The minimum absolute atomic E-state index is 0.0480. The van der Waals surface area contributed by atoms with Crippen LogP contribution in [0.1, 0.15) is 4.88 Å². The van der Waals surface area contributed by atoms with Crippen molar-refractivity contribution < 1.29 is 13.6 Å². The minimum Gasteiger partial charge on any atom is -0.411 e. The van der Waals surface area contributed by atoms with Gasteiger partial charge in [-0.25, -0.2) is 13.1 Å². The number of rotatable bonds is 0. The van der Waals surface area contributed by atoms with Crippen molar-refractivity contribution in [1.29, 1.82) is 0 Å². The van der Waals surface area contributed by atoms with E-state index in [0.717, 1.165) is 0 Å². The van der Waals surface area contributed by atoms with Gasteiger partial charge in [0.05, 0.1) is 11.4 Å². The SMILES string of the molecule is O=S1(=O)NC/C(=N\O)c2sccc21. The third kappa shape index (κ3) is 1.25. The summed E-state index contributed by atoms with van der Waals surface area (Å²) >= 11 is 1.25. The molecule has 1 aromatic heterocycles. The molecule has 0 amide bonds. The van der Waals surface area contributed by atoms with E-state index in [1.807, 2.05) is 0 Å². The number of thiophene rings is 1. The quantitative estimate of drug-likeness (QED) is 0.483. The zero-order chi connectivity index (χ0) is 9.47. The Bertz CT molecular complexity index is 460. The molecule has 0 radical (unpaired) electrons. The lowest BCUT2D eigenvalue weighted by molar-refractivity contribution is 0.318. The van der Waals surface area contributed by atoms with E-state index in [1.165, 1.54) is 17.4 Å². The number of oxime groups is 1. The first-order valence-electron chi connectivity index (χ1n) is 3.43. The van der Waals surface area contributed by atoms with E-state index in [0.29, 0.717) is 10.6 Å². The van der Waals surface area contributed by atoms with Crippen LogP contribution in [0.25, 0.3) is 0 Å². The maximum Gasteiger partial charge on any atom is 0.242 e. The molecule has 0 saturated carbocycles. The molecule has 0 bridgehead atoms. The van der Waals surface area contributed by atoms with E-state index in [1.54, 1.807) is 5.38 Å². The van der Waals surface area contributed by atoms with Gasteiger partial charge in [0.1, 0.15) is 10.6 Å². The van der Waals surface area contributed by atoms with Crippen molar-refractivity contribution in [3.63, 3.8) is 0 Å². The maximum atomic E-state index is 11.4. The average molecular weight is 218 g/mol. The van der Waals surface area contributed by atoms with Gasteiger partial charge < -0.3 is 5.21 Å². The molecule has 2 heterocycles. The molecule has 0 spiro atoms. The molecule has 0 fully saturated rings. The predicted molar refractivity (Wildman–Crippen MR) is 47.8 cm³/mol. The van der Waals surface area contributed by atoms with Crippen molar-refractivity contribution in [2.24, 2.45) is 5.16 Å². The molecule has 1 aromatic rings. The Hall–Kier alpha value is -0.920. The highest BCUT2D eigenvalue weighted by atomic mass is 32.2. The van der Waals surface area contributed by atoms with Crippen LogP contribution in [0.3, 0.4) is 0 Å². The molecule has 2 rings (SSSR count). The summed E-state index contributed by atoms with van der Waals surface area (Å²) in [5.74, 6) is 0. The van der Waals surface area contributed by atoms with Gasteiger partial charge in [0.15, 0.2) is 0 Å². The van der Waals surface area contributed by atoms with Crippen molar-refractivity contribution in [1.82, 2.24) is 4.72 Å². The molecular weight excluding hydrogens is 212 g/mol. The molecule has 0 saturated heterocycles. The van der Waals surface area contributed by atoms with Gasteiger partial charge in [-0.05, 0) is 11.4 Å². The highest BCUT2D eigenvalue weighted by Crippen LogP contribution is 2.25. The summed E-state index contributed by atoms with van der Waals surface area (Å²) in [6.45, 7) is 0.0480.